The van der Waals surface area contributed by atoms with Gasteiger partial charge in [-0.15, -0.1) is 0 Å². The summed E-state index contributed by atoms with van der Waals surface area (Å²) in [6.07, 6.45) is 3.03. The lowest BCUT2D eigenvalue weighted by atomic mass is 10.3. The molecule has 0 bridgehead atoms. The average Bonchev–Trinajstić information content (AvgIpc) is 2.40. The quantitative estimate of drug-likeness (QED) is 0.891. The topological polar surface area (TPSA) is 64.1 Å². The van der Waals surface area contributed by atoms with Crippen molar-refractivity contribution in [2.45, 2.75) is 0 Å². The van der Waals surface area contributed by atoms with Gasteiger partial charge in [0.15, 0.2) is 6.61 Å². The van der Waals surface area contributed by atoms with Crippen molar-refractivity contribution in [2.24, 2.45) is 0 Å². The Kier molecular flexibility index (Phi) is 3.80. The van der Waals surface area contributed by atoms with Crippen molar-refractivity contribution in [3.63, 3.8) is 0 Å². The lowest BCUT2D eigenvalue weighted by molar-refractivity contribution is -0.118. The van der Waals surface area contributed by atoms with Crippen molar-refractivity contribution in [1.29, 1.82) is 0 Å². The zero-order chi connectivity index (χ0) is 12.8. The van der Waals surface area contributed by atoms with Crippen LogP contribution in [0.5, 0.6) is 6.01 Å². The van der Waals surface area contributed by atoms with E-state index in [9.17, 15) is 9.18 Å². The Hall–Kier alpha value is -2.50. The average molecular weight is 247 g/mol. The number of anilines is 1. The molecule has 0 aliphatic heterocycles. The number of ether oxygens (including phenoxy) is 1. The highest BCUT2D eigenvalue weighted by atomic mass is 19.1. The van der Waals surface area contributed by atoms with E-state index in [1.807, 2.05) is 0 Å². The highest BCUT2D eigenvalue weighted by Crippen LogP contribution is 2.08. The number of carbonyl (C=O) groups excluding carboxylic acids is 1. The molecule has 0 saturated carbocycles. The Morgan fingerprint density at radius 1 is 1.22 bits per heavy atom. The Balaban J connectivity index is 1.84. The van der Waals surface area contributed by atoms with Gasteiger partial charge in [0, 0.05) is 18.1 Å². The summed E-state index contributed by atoms with van der Waals surface area (Å²) < 4.78 is 17.7. The van der Waals surface area contributed by atoms with Gasteiger partial charge in [-0.05, 0) is 30.3 Å². The van der Waals surface area contributed by atoms with Gasteiger partial charge in [-0.3, -0.25) is 4.79 Å². The van der Waals surface area contributed by atoms with Crippen LogP contribution < -0.4 is 10.1 Å². The molecule has 0 spiro atoms. The molecule has 6 heteroatoms. The molecule has 1 N–H and O–H groups in total. The predicted molar refractivity (Wildman–Crippen MR) is 62.6 cm³/mol. The number of aromatic nitrogens is 2. The molecular formula is C12H10FN3O2. The van der Waals surface area contributed by atoms with Crippen LogP contribution in [0.3, 0.4) is 0 Å². The largest absolute Gasteiger partial charge is 0.453 e. The molecule has 0 unspecified atom stereocenters. The zero-order valence-corrected chi connectivity index (χ0v) is 9.34. The number of nitrogens with one attached hydrogen (secondary N) is 1. The van der Waals surface area contributed by atoms with Crippen LogP contribution >= 0.6 is 0 Å². The molecule has 0 fully saturated rings. The number of nitrogens with zero attached hydrogens (tertiary/aromatic N) is 2. The minimum Gasteiger partial charge on any atom is -0.453 e. The van der Waals surface area contributed by atoms with E-state index in [0.717, 1.165) is 0 Å². The summed E-state index contributed by atoms with van der Waals surface area (Å²) in [4.78, 5) is 19.1. The molecule has 5 nitrogen and oxygen atoms in total. The van der Waals surface area contributed by atoms with Crippen LogP contribution in [-0.4, -0.2) is 22.5 Å². The monoisotopic (exact) mass is 247 g/mol. The molecule has 1 heterocycles. The van der Waals surface area contributed by atoms with Crippen molar-refractivity contribution in [2.75, 3.05) is 11.9 Å². The molecule has 1 aromatic heterocycles. The Morgan fingerprint density at radius 2 is 1.89 bits per heavy atom. The Labute approximate surface area is 103 Å². The van der Waals surface area contributed by atoms with E-state index < -0.39 is 0 Å². The molecule has 0 saturated heterocycles. The first kappa shape index (κ1) is 12.0. The molecular weight excluding hydrogens is 237 g/mol. The summed E-state index contributed by atoms with van der Waals surface area (Å²) in [7, 11) is 0. The van der Waals surface area contributed by atoms with Gasteiger partial charge in [-0.2, -0.15) is 0 Å². The molecule has 1 aromatic carbocycles. The van der Waals surface area contributed by atoms with Crippen molar-refractivity contribution < 1.29 is 13.9 Å². The lowest BCUT2D eigenvalue weighted by Crippen LogP contribution is -2.20. The van der Waals surface area contributed by atoms with Gasteiger partial charge in [0.1, 0.15) is 5.82 Å². The van der Waals surface area contributed by atoms with Crippen LogP contribution in [0.2, 0.25) is 0 Å². The Morgan fingerprint density at radius 3 is 2.56 bits per heavy atom. The fourth-order valence-electron chi connectivity index (χ4n) is 1.22. The summed E-state index contributed by atoms with van der Waals surface area (Å²) in [5.74, 6) is -0.726. The van der Waals surface area contributed by atoms with Gasteiger partial charge in [0.05, 0.1) is 0 Å². The van der Waals surface area contributed by atoms with Crippen molar-refractivity contribution >= 4 is 11.6 Å². The van der Waals surface area contributed by atoms with E-state index in [0.29, 0.717) is 5.69 Å². The summed E-state index contributed by atoms with van der Waals surface area (Å²) in [5, 5.41) is 2.55. The number of hydrogen-bond acceptors (Lipinski definition) is 4. The maximum absolute atomic E-state index is 12.6. The minimum absolute atomic E-state index is 0.131. The van der Waals surface area contributed by atoms with Gasteiger partial charge in [-0.1, -0.05) is 0 Å². The number of carbonyl (C=O) groups is 1. The third-order valence-corrected chi connectivity index (χ3v) is 2.00. The van der Waals surface area contributed by atoms with Crippen molar-refractivity contribution in [3.05, 3.63) is 48.5 Å². The van der Waals surface area contributed by atoms with Gasteiger partial charge < -0.3 is 10.1 Å². The van der Waals surface area contributed by atoms with E-state index in [2.05, 4.69) is 15.3 Å². The van der Waals surface area contributed by atoms with Crippen LogP contribution in [-0.2, 0) is 4.79 Å². The second-order valence-corrected chi connectivity index (χ2v) is 3.38. The maximum atomic E-state index is 12.6. The molecule has 0 radical (unpaired) electrons. The number of benzene rings is 1. The molecule has 0 aliphatic rings. The highest BCUT2D eigenvalue weighted by molar-refractivity contribution is 5.91. The standard InChI is InChI=1S/C12H10FN3O2/c13-9-2-4-10(5-3-9)16-11(17)8-18-12-14-6-1-7-15-12/h1-7H,8H2,(H,16,17). The number of halogens is 1. The fourth-order valence-corrected chi connectivity index (χ4v) is 1.22. The van der Waals surface area contributed by atoms with E-state index in [1.165, 1.54) is 36.7 Å². The molecule has 1 amide bonds. The number of hydrogen-bond donors (Lipinski definition) is 1. The predicted octanol–water partition coefficient (Wildman–Crippen LogP) is 1.63. The first-order chi connectivity index (χ1) is 8.74. The second kappa shape index (κ2) is 5.72. The van der Waals surface area contributed by atoms with Gasteiger partial charge in [0.25, 0.3) is 5.91 Å². The second-order valence-electron chi connectivity index (χ2n) is 3.38. The zero-order valence-electron chi connectivity index (χ0n) is 9.34. The normalized spacial score (nSPS) is 9.83. The smallest absolute Gasteiger partial charge is 0.316 e. The maximum Gasteiger partial charge on any atom is 0.316 e. The minimum atomic E-state index is -0.367. The molecule has 0 aliphatic carbocycles. The fraction of sp³-hybridized carbons (Fsp3) is 0.0833. The van der Waals surface area contributed by atoms with Crippen molar-refractivity contribution in [3.8, 4) is 6.01 Å². The van der Waals surface area contributed by atoms with E-state index >= 15 is 0 Å². The molecule has 2 aromatic rings. The third-order valence-electron chi connectivity index (χ3n) is 2.00. The summed E-state index contributed by atoms with van der Waals surface area (Å²) in [6.45, 7) is -0.207. The number of rotatable bonds is 4. The molecule has 18 heavy (non-hydrogen) atoms. The Bertz CT molecular complexity index is 517. The molecule has 2 rings (SSSR count). The summed E-state index contributed by atoms with van der Waals surface area (Å²) >= 11 is 0. The van der Waals surface area contributed by atoms with E-state index in [4.69, 9.17) is 4.74 Å². The first-order valence-corrected chi connectivity index (χ1v) is 5.19. The van der Waals surface area contributed by atoms with Gasteiger partial charge in [0.2, 0.25) is 0 Å². The van der Waals surface area contributed by atoms with Crippen LogP contribution in [0, 0.1) is 5.82 Å². The first-order valence-electron chi connectivity index (χ1n) is 5.19. The highest BCUT2D eigenvalue weighted by Gasteiger charge is 2.04. The van der Waals surface area contributed by atoms with Crippen LogP contribution in [0.25, 0.3) is 0 Å². The third kappa shape index (κ3) is 3.51. The summed E-state index contributed by atoms with van der Waals surface area (Å²) in [6, 6.07) is 7.23. The van der Waals surface area contributed by atoms with Crippen LogP contribution in [0.4, 0.5) is 10.1 Å². The molecule has 92 valence electrons. The lowest BCUT2D eigenvalue weighted by Gasteiger charge is -2.05. The van der Waals surface area contributed by atoms with Crippen LogP contribution in [0.15, 0.2) is 42.7 Å². The van der Waals surface area contributed by atoms with E-state index in [1.54, 1.807) is 6.07 Å². The van der Waals surface area contributed by atoms with E-state index in [-0.39, 0.29) is 24.3 Å². The van der Waals surface area contributed by atoms with Crippen molar-refractivity contribution in [1.82, 2.24) is 9.97 Å². The molecule has 0 atom stereocenters. The van der Waals surface area contributed by atoms with Gasteiger partial charge >= 0.3 is 6.01 Å². The van der Waals surface area contributed by atoms with Crippen LogP contribution in [0.1, 0.15) is 0 Å². The van der Waals surface area contributed by atoms with Gasteiger partial charge in [-0.25, -0.2) is 14.4 Å². The number of amides is 1. The summed E-state index contributed by atoms with van der Waals surface area (Å²) in [5.41, 5.74) is 0.499. The SMILES string of the molecule is O=C(COc1ncccn1)Nc1ccc(F)cc1.